The molecule has 2 aromatic carbocycles. The Morgan fingerprint density at radius 2 is 1.56 bits per heavy atom. The van der Waals surface area contributed by atoms with Crippen LogP contribution in [0.1, 0.15) is 17.5 Å². The maximum Gasteiger partial charge on any atom is -0.0155 e. The molecule has 0 heteroatoms. The van der Waals surface area contributed by atoms with E-state index in [0.29, 0.717) is 0 Å². The Labute approximate surface area is 108 Å². The van der Waals surface area contributed by atoms with Crippen molar-refractivity contribution < 1.29 is 0 Å². The van der Waals surface area contributed by atoms with Crippen LogP contribution >= 0.6 is 0 Å². The van der Waals surface area contributed by atoms with Gasteiger partial charge in [0.05, 0.1) is 0 Å². The van der Waals surface area contributed by atoms with Gasteiger partial charge in [-0.15, -0.1) is 0 Å². The number of aryl methyl sites for hydroxylation is 1. The molecule has 18 heavy (non-hydrogen) atoms. The fraction of sp³-hybridized carbons (Fsp3) is 0.111. The molecule has 1 aliphatic carbocycles. The molecule has 0 N–H and O–H groups in total. The summed E-state index contributed by atoms with van der Waals surface area (Å²) < 4.78 is 0. The van der Waals surface area contributed by atoms with E-state index in [1.54, 1.807) is 0 Å². The molecule has 2 aromatic rings. The average molecular weight is 232 g/mol. The predicted molar refractivity (Wildman–Crippen MR) is 78.4 cm³/mol. The van der Waals surface area contributed by atoms with E-state index >= 15 is 0 Å². The molecule has 88 valence electrons. The van der Waals surface area contributed by atoms with E-state index in [-0.39, 0.29) is 0 Å². The summed E-state index contributed by atoms with van der Waals surface area (Å²) in [5, 5.41) is 0. The van der Waals surface area contributed by atoms with E-state index in [2.05, 4.69) is 55.6 Å². The van der Waals surface area contributed by atoms with Gasteiger partial charge in [0.2, 0.25) is 0 Å². The van der Waals surface area contributed by atoms with Gasteiger partial charge in [-0.05, 0) is 46.2 Å². The first-order chi connectivity index (χ1) is 8.75. The molecule has 0 radical (unpaired) electrons. The van der Waals surface area contributed by atoms with Gasteiger partial charge in [0.1, 0.15) is 0 Å². The molecule has 0 aromatic heterocycles. The molecule has 0 fully saturated rings. The Balaban J connectivity index is 2.08. The molecule has 0 saturated heterocycles. The van der Waals surface area contributed by atoms with Crippen molar-refractivity contribution in [1.29, 1.82) is 0 Å². The smallest absolute Gasteiger partial charge is 0.0155 e. The summed E-state index contributed by atoms with van der Waals surface area (Å²) >= 11 is 0. The number of hydrogen-bond donors (Lipinski definition) is 0. The van der Waals surface area contributed by atoms with Gasteiger partial charge in [-0.3, -0.25) is 0 Å². The molecule has 3 rings (SSSR count). The molecule has 0 bridgehead atoms. The number of hydrogen-bond acceptors (Lipinski definition) is 0. The summed E-state index contributed by atoms with van der Waals surface area (Å²) in [7, 11) is 0. The highest BCUT2D eigenvalue weighted by Crippen LogP contribution is 2.35. The van der Waals surface area contributed by atoms with Crippen LogP contribution in [0.3, 0.4) is 0 Å². The van der Waals surface area contributed by atoms with Crippen LogP contribution in [0.25, 0.3) is 16.7 Å². The van der Waals surface area contributed by atoms with Gasteiger partial charge in [-0.25, -0.2) is 0 Å². The van der Waals surface area contributed by atoms with Crippen molar-refractivity contribution in [1.82, 2.24) is 0 Å². The van der Waals surface area contributed by atoms with Gasteiger partial charge in [0, 0.05) is 0 Å². The van der Waals surface area contributed by atoms with Crippen molar-refractivity contribution in [2.45, 2.75) is 12.8 Å². The first kappa shape index (κ1) is 11.0. The van der Waals surface area contributed by atoms with Crippen LogP contribution in [0.2, 0.25) is 0 Å². The second kappa shape index (κ2) is 4.30. The van der Waals surface area contributed by atoms with Gasteiger partial charge < -0.3 is 0 Å². The lowest BCUT2D eigenvalue weighted by Gasteiger charge is -2.21. The van der Waals surface area contributed by atoms with E-state index in [1.165, 1.54) is 27.8 Å². The van der Waals surface area contributed by atoms with E-state index < -0.39 is 0 Å². The van der Waals surface area contributed by atoms with Crippen molar-refractivity contribution in [3.05, 3.63) is 78.4 Å². The molecule has 0 nitrogen and oxygen atoms in total. The Hall–Kier alpha value is -2.08. The first-order valence-corrected chi connectivity index (χ1v) is 6.31. The van der Waals surface area contributed by atoms with Crippen LogP contribution in [-0.4, -0.2) is 0 Å². The first-order valence-electron chi connectivity index (χ1n) is 6.31. The summed E-state index contributed by atoms with van der Waals surface area (Å²) in [5.74, 6) is 0. The highest BCUT2D eigenvalue weighted by Gasteiger charge is 2.15. The third-order valence-corrected chi connectivity index (χ3v) is 3.66. The Kier molecular flexibility index (Phi) is 2.64. The fourth-order valence-electron chi connectivity index (χ4n) is 2.53. The van der Waals surface area contributed by atoms with Gasteiger partial charge in [-0.1, -0.05) is 61.7 Å². The number of benzene rings is 2. The largest absolute Gasteiger partial charge is 0.0952 e. The lowest BCUT2D eigenvalue weighted by molar-refractivity contribution is 0.944. The number of fused-ring (bicyclic) bond motifs is 1. The van der Waals surface area contributed by atoms with Crippen molar-refractivity contribution >= 4 is 5.57 Å². The molecular weight excluding hydrogens is 216 g/mol. The molecule has 0 atom stereocenters. The molecule has 0 unspecified atom stereocenters. The van der Waals surface area contributed by atoms with E-state index in [9.17, 15) is 0 Å². The van der Waals surface area contributed by atoms with Crippen LogP contribution in [0, 0.1) is 0 Å². The summed E-state index contributed by atoms with van der Waals surface area (Å²) in [5.41, 5.74) is 7.51. The van der Waals surface area contributed by atoms with E-state index in [0.717, 1.165) is 18.4 Å². The minimum atomic E-state index is 1.03. The zero-order valence-electron chi connectivity index (χ0n) is 10.4. The molecule has 1 aliphatic rings. The third-order valence-electron chi connectivity index (χ3n) is 3.66. The molecule has 0 heterocycles. The lowest BCUT2D eigenvalue weighted by atomic mass is 9.84. The predicted octanol–water partition coefficient (Wildman–Crippen LogP) is 4.87. The van der Waals surface area contributed by atoms with Crippen LogP contribution in [0.15, 0.2) is 67.3 Å². The maximum atomic E-state index is 4.14. The summed E-state index contributed by atoms with van der Waals surface area (Å²) in [6.07, 6.45) is 2.11. The van der Waals surface area contributed by atoms with Crippen LogP contribution in [0.4, 0.5) is 0 Å². The van der Waals surface area contributed by atoms with Crippen molar-refractivity contribution in [2.75, 3.05) is 0 Å². The second-order valence-electron chi connectivity index (χ2n) is 4.82. The Morgan fingerprint density at radius 1 is 0.778 bits per heavy atom. The van der Waals surface area contributed by atoms with Gasteiger partial charge in [0.25, 0.3) is 0 Å². The van der Waals surface area contributed by atoms with Crippen LogP contribution < -0.4 is 0 Å². The SMILES string of the molecule is C=C1CCc2cc(-c3ccccc3)ccc2C1=C. The van der Waals surface area contributed by atoms with Crippen LogP contribution in [0.5, 0.6) is 0 Å². The lowest BCUT2D eigenvalue weighted by Crippen LogP contribution is -2.03. The van der Waals surface area contributed by atoms with Crippen LogP contribution in [-0.2, 0) is 6.42 Å². The standard InChI is InChI=1S/C18H16/c1-13-8-9-17-12-16(10-11-18(17)14(13)2)15-6-4-3-5-7-15/h3-7,10-12H,1-2,8-9H2. The zero-order chi connectivity index (χ0) is 12.5. The minimum Gasteiger partial charge on any atom is -0.0952 e. The highest BCUT2D eigenvalue weighted by molar-refractivity contribution is 5.82. The number of allylic oxidation sites excluding steroid dienone is 2. The Morgan fingerprint density at radius 3 is 2.33 bits per heavy atom. The second-order valence-corrected chi connectivity index (χ2v) is 4.82. The summed E-state index contributed by atoms with van der Waals surface area (Å²) in [4.78, 5) is 0. The van der Waals surface area contributed by atoms with Gasteiger partial charge in [0.15, 0.2) is 0 Å². The molecule has 0 amide bonds. The van der Waals surface area contributed by atoms with E-state index in [1.807, 2.05) is 6.07 Å². The minimum absolute atomic E-state index is 1.03. The molecule has 0 spiro atoms. The Bertz CT molecular complexity index is 618. The van der Waals surface area contributed by atoms with Crippen molar-refractivity contribution in [3.8, 4) is 11.1 Å². The van der Waals surface area contributed by atoms with Gasteiger partial charge >= 0.3 is 0 Å². The van der Waals surface area contributed by atoms with Gasteiger partial charge in [-0.2, -0.15) is 0 Å². The summed E-state index contributed by atoms with van der Waals surface area (Å²) in [6, 6.07) is 17.2. The highest BCUT2D eigenvalue weighted by atomic mass is 14.2. The monoisotopic (exact) mass is 232 g/mol. The molecule has 0 aliphatic heterocycles. The zero-order valence-corrected chi connectivity index (χ0v) is 10.4. The molecule has 0 saturated carbocycles. The normalized spacial score (nSPS) is 14.4. The fourth-order valence-corrected chi connectivity index (χ4v) is 2.53. The topological polar surface area (TPSA) is 0 Å². The third kappa shape index (κ3) is 1.80. The average Bonchev–Trinajstić information content (AvgIpc) is 2.44. The quantitative estimate of drug-likeness (QED) is 0.658. The molecular formula is C18H16. The van der Waals surface area contributed by atoms with Crippen molar-refractivity contribution in [2.24, 2.45) is 0 Å². The van der Waals surface area contributed by atoms with Crippen molar-refractivity contribution in [3.63, 3.8) is 0 Å². The van der Waals surface area contributed by atoms with E-state index in [4.69, 9.17) is 0 Å². The summed E-state index contributed by atoms with van der Waals surface area (Å²) in [6.45, 7) is 8.21. The maximum absolute atomic E-state index is 4.14. The number of rotatable bonds is 1.